The van der Waals surface area contributed by atoms with Gasteiger partial charge in [-0.05, 0) is 20.0 Å². The molecule has 0 aromatic rings. The van der Waals surface area contributed by atoms with Crippen LogP contribution in [0.15, 0.2) is 0 Å². The van der Waals surface area contributed by atoms with Gasteiger partial charge < -0.3 is 15.1 Å². The Hall–Kier alpha value is -0.650. The standard InChI is InChI=1S/C13H26N4O/c1-12(18)17-9-7-16(8-10-17)5-3-13-11-15(2)6-4-14-13/h13-14H,3-11H2,1-2H3. The minimum Gasteiger partial charge on any atom is -0.340 e. The quantitative estimate of drug-likeness (QED) is 0.733. The van der Waals surface area contributed by atoms with Crippen molar-refractivity contribution < 1.29 is 4.79 Å². The van der Waals surface area contributed by atoms with Crippen LogP contribution in [0.25, 0.3) is 0 Å². The van der Waals surface area contributed by atoms with Crippen LogP contribution in [0.5, 0.6) is 0 Å². The highest BCUT2D eigenvalue weighted by Crippen LogP contribution is 2.06. The summed E-state index contributed by atoms with van der Waals surface area (Å²) in [5.41, 5.74) is 0. The Balaban J connectivity index is 1.64. The van der Waals surface area contributed by atoms with Crippen LogP contribution in [-0.4, -0.2) is 86.1 Å². The maximum atomic E-state index is 11.2. The number of hydrogen-bond donors (Lipinski definition) is 1. The molecule has 5 nitrogen and oxygen atoms in total. The van der Waals surface area contributed by atoms with Crippen LogP contribution in [0.4, 0.5) is 0 Å². The predicted octanol–water partition coefficient (Wildman–Crippen LogP) is -0.556. The molecular formula is C13H26N4O. The second kappa shape index (κ2) is 6.50. The molecule has 2 heterocycles. The Bertz CT molecular complexity index is 276. The van der Waals surface area contributed by atoms with Gasteiger partial charge in [-0.1, -0.05) is 0 Å². The summed E-state index contributed by atoms with van der Waals surface area (Å²) in [5, 5.41) is 3.58. The molecule has 2 rings (SSSR count). The molecule has 1 atom stereocenters. The van der Waals surface area contributed by atoms with Gasteiger partial charge in [0.15, 0.2) is 0 Å². The number of piperazine rings is 2. The van der Waals surface area contributed by atoms with E-state index in [0.29, 0.717) is 6.04 Å². The molecule has 2 aliphatic rings. The summed E-state index contributed by atoms with van der Waals surface area (Å²) >= 11 is 0. The molecule has 2 fully saturated rings. The monoisotopic (exact) mass is 254 g/mol. The highest BCUT2D eigenvalue weighted by atomic mass is 16.2. The lowest BCUT2D eigenvalue weighted by molar-refractivity contribution is -0.130. The molecule has 1 amide bonds. The number of nitrogens with zero attached hydrogens (tertiary/aromatic N) is 3. The van der Waals surface area contributed by atoms with Gasteiger partial charge in [0.05, 0.1) is 0 Å². The summed E-state index contributed by atoms with van der Waals surface area (Å²) in [5.74, 6) is 0.213. The summed E-state index contributed by atoms with van der Waals surface area (Å²) in [6.45, 7) is 10.1. The summed E-state index contributed by atoms with van der Waals surface area (Å²) in [6, 6.07) is 0.634. The van der Waals surface area contributed by atoms with Crippen LogP contribution >= 0.6 is 0 Å². The molecule has 0 bridgehead atoms. The maximum absolute atomic E-state index is 11.2. The second-order valence-corrected chi connectivity index (χ2v) is 5.55. The molecule has 5 heteroatoms. The molecule has 0 aliphatic carbocycles. The molecule has 1 N–H and O–H groups in total. The van der Waals surface area contributed by atoms with E-state index in [9.17, 15) is 4.79 Å². The fraction of sp³-hybridized carbons (Fsp3) is 0.923. The number of hydrogen-bond acceptors (Lipinski definition) is 4. The molecule has 1 unspecified atom stereocenters. The van der Waals surface area contributed by atoms with Crippen molar-refractivity contribution >= 4 is 5.91 Å². The first kappa shape index (κ1) is 13.8. The first-order valence-electron chi connectivity index (χ1n) is 7.05. The molecular weight excluding hydrogens is 228 g/mol. The third-order valence-corrected chi connectivity index (χ3v) is 4.07. The number of nitrogens with one attached hydrogen (secondary N) is 1. The fourth-order valence-electron chi connectivity index (χ4n) is 2.81. The first-order chi connectivity index (χ1) is 8.65. The van der Waals surface area contributed by atoms with E-state index >= 15 is 0 Å². The molecule has 0 aromatic carbocycles. The molecule has 18 heavy (non-hydrogen) atoms. The lowest BCUT2D eigenvalue weighted by Crippen LogP contribution is -2.52. The Kier molecular flexibility index (Phi) is 4.97. The van der Waals surface area contributed by atoms with E-state index in [4.69, 9.17) is 0 Å². The zero-order valence-electron chi connectivity index (χ0n) is 11.7. The lowest BCUT2D eigenvalue weighted by Gasteiger charge is -2.36. The van der Waals surface area contributed by atoms with Gasteiger partial charge in [-0.25, -0.2) is 0 Å². The van der Waals surface area contributed by atoms with E-state index in [0.717, 1.165) is 52.4 Å². The maximum Gasteiger partial charge on any atom is 0.219 e. The van der Waals surface area contributed by atoms with Crippen molar-refractivity contribution in [2.24, 2.45) is 0 Å². The van der Waals surface area contributed by atoms with Crippen molar-refractivity contribution in [3.05, 3.63) is 0 Å². The van der Waals surface area contributed by atoms with Gasteiger partial charge in [0, 0.05) is 58.8 Å². The summed E-state index contributed by atoms with van der Waals surface area (Å²) in [4.78, 5) is 18.1. The van der Waals surface area contributed by atoms with Crippen molar-refractivity contribution in [2.45, 2.75) is 19.4 Å². The number of likely N-dealkylation sites (N-methyl/N-ethyl adjacent to an activating group) is 1. The van der Waals surface area contributed by atoms with Gasteiger partial charge >= 0.3 is 0 Å². The van der Waals surface area contributed by atoms with Crippen LogP contribution in [0, 0.1) is 0 Å². The van der Waals surface area contributed by atoms with Gasteiger partial charge in [-0.15, -0.1) is 0 Å². The Morgan fingerprint density at radius 3 is 2.56 bits per heavy atom. The third-order valence-electron chi connectivity index (χ3n) is 4.07. The van der Waals surface area contributed by atoms with Gasteiger partial charge in [-0.3, -0.25) is 9.69 Å². The number of rotatable bonds is 3. The average Bonchev–Trinajstić information content (AvgIpc) is 2.37. The van der Waals surface area contributed by atoms with Crippen molar-refractivity contribution in [2.75, 3.05) is 59.4 Å². The van der Waals surface area contributed by atoms with Crippen LogP contribution < -0.4 is 5.32 Å². The molecule has 104 valence electrons. The molecule has 0 radical (unpaired) electrons. The predicted molar refractivity (Wildman–Crippen MR) is 72.6 cm³/mol. The van der Waals surface area contributed by atoms with E-state index in [1.54, 1.807) is 6.92 Å². The van der Waals surface area contributed by atoms with E-state index in [1.165, 1.54) is 6.42 Å². The average molecular weight is 254 g/mol. The largest absolute Gasteiger partial charge is 0.340 e. The minimum absolute atomic E-state index is 0.213. The fourth-order valence-corrected chi connectivity index (χ4v) is 2.81. The van der Waals surface area contributed by atoms with Crippen LogP contribution in [0.3, 0.4) is 0 Å². The highest BCUT2D eigenvalue weighted by Gasteiger charge is 2.21. The lowest BCUT2D eigenvalue weighted by atomic mass is 10.1. The summed E-state index contributed by atoms with van der Waals surface area (Å²) < 4.78 is 0. The topological polar surface area (TPSA) is 38.8 Å². The van der Waals surface area contributed by atoms with Gasteiger partial charge in [-0.2, -0.15) is 0 Å². The van der Waals surface area contributed by atoms with Crippen molar-refractivity contribution in [1.29, 1.82) is 0 Å². The van der Waals surface area contributed by atoms with E-state index in [-0.39, 0.29) is 5.91 Å². The SMILES string of the molecule is CC(=O)N1CCN(CCC2CN(C)CCN2)CC1. The van der Waals surface area contributed by atoms with E-state index in [1.807, 2.05) is 4.90 Å². The molecule has 0 aromatic heterocycles. The Labute approximate surface area is 110 Å². The summed E-state index contributed by atoms with van der Waals surface area (Å²) in [6.07, 6.45) is 1.21. The van der Waals surface area contributed by atoms with Crippen LogP contribution in [0.2, 0.25) is 0 Å². The van der Waals surface area contributed by atoms with Crippen LogP contribution in [-0.2, 0) is 4.79 Å². The van der Waals surface area contributed by atoms with Gasteiger partial charge in [0.1, 0.15) is 0 Å². The normalized spacial score (nSPS) is 27.4. The summed E-state index contributed by atoms with van der Waals surface area (Å²) in [7, 11) is 2.19. The third kappa shape index (κ3) is 3.93. The molecule has 0 saturated carbocycles. The zero-order chi connectivity index (χ0) is 13.0. The minimum atomic E-state index is 0.213. The number of carbonyl (C=O) groups excluding carboxylic acids is 1. The molecule has 0 spiro atoms. The zero-order valence-corrected chi connectivity index (χ0v) is 11.7. The molecule has 2 saturated heterocycles. The second-order valence-electron chi connectivity index (χ2n) is 5.55. The van der Waals surface area contributed by atoms with Crippen molar-refractivity contribution in [3.8, 4) is 0 Å². The number of carbonyl (C=O) groups is 1. The van der Waals surface area contributed by atoms with Gasteiger partial charge in [0.2, 0.25) is 5.91 Å². The smallest absolute Gasteiger partial charge is 0.219 e. The van der Waals surface area contributed by atoms with Crippen molar-refractivity contribution in [3.63, 3.8) is 0 Å². The van der Waals surface area contributed by atoms with Crippen LogP contribution in [0.1, 0.15) is 13.3 Å². The first-order valence-corrected chi connectivity index (χ1v) is 7.05. The molecule has 2 aliphatic heterocycles. The highest BCUT2D eigenvalue weighted by molar-refractivity contribution is 5.73. The number of amides is 1. The van der Waals surface area contributed by atoms with Crippen molar-refractivity contribution in [1.82, 2.24) is 20.0 Å². The van der Waals surface area contributed by atoms with E-state index < -0.39 is 0 Å². The Morgan fingerprint density at radius 1 is 1.22 bits per heavy atom. The van der Waals surface area contributed by atoms with Gasteiger partial charge in [0.25, 0.3) is 0 Å². The Morgan fingerprint density at radius 2 is 1.94 bits per heavy atom. The van der Waals surface area contributed by atoms with E-state index in [2.05, 4.69) is 22.2 Å².